The molecule has 0 spiro atoms. The monoisotopic (exact) mass is 336 g/mol. The fraction of sp³-hybridized carbons (Fsp3) is 0.923. The van der Waals surface area contributed by atoms with Gasteiger partial charge < -0.3 is 5.11 Å². The molecule has 0 rings (SSSR count). The third kappa shape index (κ3) is 8.48. The zero-order valence-electron chi connectivity index (χ0n) is 12.1. The van der Waals surface area contributed by atoms with Crippen molar-refractivity contribution in [1.29, 1.82) is 0 Å². The Labute approximate surface area is 125 Å². The molecule has 1 N–H and O–H groups in total. The Hall–Kier alpha value is -0.530. The average molecular weight is 336 g/mol. The molecule has 0 aromatic rings. The molecule has 0 bridgehead atoms. The largest absolute Gasteiger partial charge is 0.480 e. The van der Waals surface area contributed by atoms with Gasteiger partial charge in [0.1, 0.15) is 5.25 Å². The van der Waals surface area contributed by atoms with Crippen molar-refractivity contribution in [2.24, 2.45) is 5.92 Å². The summed E-state index contributed by atoms with van der Waals surface area (Å²) < 4.78 is 60.9. The van der Waals surface area contributed by atoms with Gasteiger partial charge in [0.05, 0.1) is 0 Å². The lowest BCUT2D eigenvalue weighted by atomic mass is 10.1. The van der Waals surface area contributed by atoms with Crippen LogP contribution in [0, 0.1) is 5.92 Å². The lowest BCUT2D eigenvalue weighted by molar-refractivity contribution is -0.284. The van der Waals surface area contributed by atoms with Gasteiger partial charge in [0.25, 0.3) is 0 Å². The van der Waals surface area contributed by atoms with Gasteiger partial charge >= 0.3 is 18.1 Å². The molecule has 8 heteroatoms. The number of carboxylic acid groups (broad SMARTS) is 1. The van der Waals surface area contributed by atoms with E-state index in [1.807, 2.05) is 13.8 Å². The number of hydrogen-bond acceptors (Lipinski definition) is 2. The van der Waals surface area contributed by atoms with Gasteiger partial charge in [-0.3, -0.25) is 4.79 Å². The lowest BCUT2D eigenvalue weighted by Crippen LogP contribution is -2.36. The van der Waals surface area contributed by atoms with Crippen LogP contribution in [0.1, 0.15) is 46.0 Å². The molecule has 0 aromatic heterocycles. The molecule has 2 nitrogen and oxygen atoms in total. The first-order valence-electron chi connectivity index (χ1n) is 6.76. The minimum Gasteiger partial charge on any atom is -0.480 e. The number of hydrogen-bond donors (Lipinski definition) is 1. The Morgan fingerprint density at radius 3 is 2.10 bits per heavy atom. The number of carboxylic acids is 1. The second kappa shape index (κ2) is 8.80. The van der Waals surface area contributed by atoms with Crippen LogP contribution in [0.3, 0.4) is 0 Å². The van der Waals surface area contributed by atoms with Crippen LogP contribution in [-0.2, 0) is 4.79 Å². The number of aliphatic carboxylic acids is 1. The topological polar surface area (TPSA) is 37.3 Å². The molecular formula is C13H21F5O2S. The number of thioether (sulfide) groups is 1. The number of rotatable bonds is 10. The van der Waals surface area contributed by atoms with E-state index in [1.165, 1.54) is 11.8 Å². The summed E-state index contributed by atoms with van der Waals surface area (Å²) in [6.45, 7) is 3.80. The van der Waals surface area contributed by atoms with Crippen molar-refractivity contribution in [2.45, 2.75) is 63.3 Å². The highest BCUT2D eigenvalue weighted by Gasteiger charge is 2.56. The zero-order chi connectivity index (χ0) is 16.7. The first-order chi connectivity index (χ1) is 9.47. The summed E-state index contributed by atoms with van der Waals surface area (Å²) in [5.74, 6) is -4.88. The van der Waals surface area contributed by atoms with Crippen LogP contribution in [0.15, 0.2) is 0 Å². The van der Waals surface area contributed by atoms with Gasteiger partial charge in [0.15, 0.2) is 0 Å². The van der Waals surface area contributed by atoms with E-state index in [-0.39, 0.29) is 18.8 Å². The van der Waals surface area contributed by atoms with Crippen LogP contribution in [0.4, 0.5) is 22.0 Å². The Balaban J connectivity index is 3.88. The van der Waals surface area contributed by atoms with Crippen LogP contribution in [0.5, 0.6) is 0 Å². The van der Waals surface area contributed by atoms with E-state index >= 15 is 0 Å². The summed E-state index contributed by atoms with van der Waals surface area (Å²) in [5.41, 5.74) is 0. The average Bonchev–Trinajstić information content (AvgIpc) is 2.29. The Kier molecular flexibility index (Phi) is 8.58. The third-order valence-electron chi connectivity index (χ3n) is 2.83. The fourth-order valence-corrected chi connectivity index (χ4v) is 2.98. The van der Waals surface area contributed by atoms with E-state index in [2.05, 4.69) is 0 Å². The molecule has 126 valence electrons. The molecule has 0 aromatic carbocycles. The lowest BCUT2D eigenvalue weighted by Gasteiger charge is -2.19. The van der Waals surface area contributed by atoms with Gasteiger partial charge in [-0.2, -0.15) is 22.0 Å². The van der Waals surface area contributed by atoms with Crippen molar-refractivity contribution < 1.29 is 31.9 Å². The maximum Gasteiger partial charge on any atom is 0.453 e. The highest BCUT2D eigenvalue weighted by atomic mass is 32.2. The van der Waals surface area contributed by atoms with Crippen molar-refractivity contribution in [1.82, 2.24) is 0 Å². The van der Waals surface area contributed by atoms with Crippen LogP contribution >= 0.6 is 11.8 Å². The number of carbonyl (C=O) groups is 1. The Morgan fingerprint density at radius 2 is 1.67 bits per heavy atom. The highest BCUT2D eigenvalue weighted by Crippen LogP contribution is 2.39. The van der Waals surface area contributed by atoms with Crippen LogP contribution in [0.2, 0.25) is 0 Å². The van der Waals surface area contributed by atoms with Gasteiger partial charge in [0.2, 0.25) is 0 Å². The summed E-state index contributed by atoms with van der Waals surface area (Å²) in [6, 6.07) is 0. The summed E-state index contributed by atoms with van der Waals surface area (Å²) >= 11 is 1.21. The van der Waals surface area contributed by atoms with E-state index in [1.54, 1.807) is 0 Å². The van der Waals surface area contributed by atoms with Crippen molar-refractivity contribution in [3.63, 3.8) is 0 Å². The Bertz CT molecular complexity index is 318. The van der Waals surface area contributed by atoms with Crippen molar-refractivity contribution in [2.75, 3.05) is 5.75 Å². The molecule has 0 aliphatic carbocycles. The second-order valence-corrected chi connectivity index (χ2v) is 6.65. The SMILES string of the molecule is CC(C)CC(SCCCCCC(F)(F)C(F)(F)F)C(=O)O. The minimum atomic E-state index is -5.49. The minimum absolute atomic E-state index is 0.226. The number of unbranched alkanes of at least 4 members (excludes halogenated alkanes) is 2. The van der Waals surface area contributed by atoms with E-state index < -0.39 is 29.7 Å². The molecule has 0 aliphatic heterocycles. The van der Waals surface area contributed by atoms with Crippen molar-refractivity contribution >= 4 is 17.7 Å². The molecule has 1 unspecified atom stereocenters. The zero-order valence-corrected chi connectivity index (χ0v) is 12.9. The summed E-state index contributed by atoms with van der Waals surface area (Å²) in [7, 11) is 0. The molecule has 21 heavy (non-hydrogen) atoms. The standard InChI is InChI=1S/C13H21F5O2S/c1-9(2)8-10(11(19)20)21-7-5-3-4-6-12(14,15)13(16,17)18/h9-10H,3-8H2,1-2H3,(H,19,20). The Morgan fingerprint density at radius 1 is 1.10 bits per heavy atom. The fourth-order valence-electron chi connectivity index (χ4n) is 1.66. The predicted octanol–water partition coefficient (Wildman–Crippen LogP) is 4.98. The molecular weight excluding hydrogens is 315 g/mol. The summed E-state index contributed by atoms with van der Waals surface area (Å²) in [6.07, 6.45) is -5.77. The third-order valence-corrected chi connectivity index (χ3v) is 4.15. The molecule has 0 radical (unpaired) electrons. The second-order valence-electron chi connectivity index (χ2n) is 5.34. The van der Waals surface area contributed by atoms with Gasteiger partial charge in [-0.15, -0.1) is 11.8 Å². The summed E-state index contributed by atoms with van der Waals surface area (Å²) in [5, 5.41) is 8.42. The van der Waals surface area contributed by atoms with Crippen molar-refractivity contribution in [3.8, 4) is 0 Å². The van der Waals surface area contributed by atoms with E-state index in [9.17, 15) is 26.7 Å². The smallest absolute Gasteiger partial charge is 0.453 e. The van der Waals surface area contributed by atoms with Crippen LogP contribution in [-0.4, -0.2) is 34.2 Å². The van der Waals surface area contributed by atoms with Crippen LogP contribution in [0.25, 0.3) is 0 Å². The molecule has 1 atom stereocenters. The normalized spacial score (nSPS) is 14.5. The van der Waals surface area contributed by atoms with Gasteiger partial charge in [-0.1, -0.05) is 20.3 Å². The highest BCUT2D eigenvalue weighted by molar-refractivity contribution is 8.00. The number of halogens is 5. The van der Waals surface area contributed by atoms with E-state index in [4.69, 9.17) is 5.11 Å². The molecule has 0 saturated heterocycles. The van der Waals surface area contributed by atoms with Crippen LogP contribution < -0.4 is 0 Å². The first-order valence-corrected chi connectivity index (χ1v) is 7.81. The maximum absolute atomic E-state index is 12.6. The predicted molar refractivity (Wildman–Crippen MR) is 72.8 cm³/mol. The van der Waals surface area contributed by atoms with Crippen molar-refractivity contribution in [3.05, 3.63) is 0 Å². The van der Waals surface area contributed by atoms with Gasteiger partial charge in [0, 0.05) is 6.42 Å². The van der Waals surface area contributed by atoms with Gasteiger partial charge in [-0.05, 0) is 30.9 Å². The number of alkyl halides is 5. The van der Waals surface area contributed by atoms with E-state index in [0.717, 1.165) is 0 Å². The quantitative estimate of drug-likeness (QED) is 0.452. The first kappa shape index (κ1) is 20.5. The van der Waals surface area contributed by atoms with E-state index in [0.29, 0.717) is 18.6 Å². The molecule has 0 fully saturated rings. The molecule has 0 saturated carbocycles. The van der Waals surface area contributed by atoms with Gasteiger partial charge in [-0.25, -0.2) is 0 Å². The summed E-state index contributed by atoms with van der Waals surface area (Å²) in [4.78, 5) is 11.0. The molecule has 0 amide bonds. The maximum atomic E-state index is 12.6. The molecule has 0 aliphatic rings. The molecule has 0 heterocycles.